The Morgan fingerprint density at radius 1 is 1.37 bits per heavy atom. The molecule has 27 heavy (non-hydrogen) atoms. The predicted molar refractivity (Wildman–Crippen MR) is 105 cm³/mol. The van der Waals surface area contributed by atoms with Crippen LogP contribution >= 0.6 is 0 Å². The van der Waals surface area contributed by atoms with Crippen LogP contribution in [0.1, 0.15) is 58.4 Å². The molecule has 0 bridgehead atoms. The van der Waals surface area contributed by atoms with Crippen LogP contribution in [0.25, 0.3) is 0 Å². The second kappa shape index (κ2) is 8.42. The van der Waals surface area contributed by atoms with Crippen LogP contribution in [0.3, 0.4) is 0 Å². The van der Waals surface area contributed by atoms with E-state index in [1.165, 1.54) is 0 Å². The van der Waals surface area contributed by atoms with E-state index in [1.807, 2.05) is 6.92 Å². The number of aromatic hydroxyl groups is 1. The van der Waals surface area contributed by atoms with Crippen molar-refractivity contribution in [2.45, 2.75) is 52.9 Å². The first kappa shape index (κ1) is 20.7. The van der Waals surface area contributed by atoms with Crippen molar-refractivity contribution in [3.8, 4) is 5.75 Å². The molecule has 0 fully saturated rings. The maximum absolute atomic E-state index is 13.1. The minimum Gasteiger partial charge on any atom is -0.508 e. The first-order valence-electron chi connectivity index (χ1n) is 9.40. The maximum atomic E-state index is 13.1. The Balaban J connectivity index is 2.64. The van der Waals surface area contributed by atoms with E-state index in [0.717, 1.165) is 6.42 Å². The highest BCUT2D eigenvalue weighted by atomic mass is 16.5. The smallest absolute Gasteiger partial charge is 0.334 e. The zero-order valence-corrected chi connectivity index (χ0v) is 16.5. The van der Waals surface area contributed by atoms with Gasteiger partial charge < -0.3 is 15.6 Å². The molecule has 1 aromatic carbocycles. The van der Waals surface area contributed by atoms with Gasteiger partial charge in [0, 0.05) is 29.2 Å². The third-order valence-electron chi connectivity index (χ3n) is 5.33. The lowest BCUT2D eigenvalue weighted by atomic mass is 9.68. The van der Waals surface area contributed by atoms with Gasteiger partial charge in [-0.15, -0.1) is 0 Å². The molecular formula is C22H29NO4. The summed E-state index contributed by atoms with van der Waals surface area (Å²) in [4.78, 5) is 25.7. The fourth-order valence-corrected chi connectivity index (χ4v) is 3.70. The number of hydrogen-bond acceptors (Lipinski definition) is 5. The first-order chi connectivity index (χ1) is 12.8. The van der Waals surface area contributed by atoms with Crippen LogP contribution in [0.4, 0.5) is 0 Å². The Hall–Kier alpha value is -2.56. The van der Waals surface area contributed by atoms with Crippen molar-refractivity contribution >= 4 is 11.8 Å². The van der Waals surface area contributed by atoms with Crippen LogP contribution in [0.2, 0.25) is 0 Å². The zero-order chi connectivity index (χ0) is 20.2. The molecule has 1 aromatic rings. The number of phenolic OH excluding ortho intramolecular Hbond substituents is 1. The molecule has 3 N–H and O–H groups in total. The highest BCUT2D eigenvalue weighted by molar-refractivity contribution is 6.03. The Bertz CT molecular complexity index is 793. The molecule has 0 aromatic heterocycles. The Morgan fingerprint density at radius 3 is 2.59 bits per heavy atom. The number of carbonyl (C=O) groups is 2. The van der Waals surface area contributed by atoms with E-state index in [1.54, 1.807) is 44.2 Å². The van der Waals surface area contributed by atoms with Gasteiger partial charge in [-0.3, -0.25) is 4.79 Å². The van der Waals surface area contributed by atoms with E-state index in [0.29, 0.717) is 35.2 Å². The summed E-state index contributed by atoms with van der Waals surface area (Å²) in [6, 6.07) is 6.59. The van der Waals surface area contributed by atoms with Crippen molar-refractivity contribution in [3.05, 3.63) is 52.7 Å². The lowest BCUT2D eigenvalue weighted by molar-refractivity contribution is -0.138. The number of nitrogens with two attached hydrogens (primary N) is 1. The standard InChI is InChI=1S/C22H29NO4/c1-5-16(21(26)27-7-3)19(14-9-8-10-15(24)11-14)20-17(23)12-22(4,6-2)13-18(20)25/h5,8-11,19,24H,6-7,12-13,23H2,1-4H3/b16-5-. The van der Waals surface area contributed by atoms with Gasteiger partial charge in [-0.05, 0) is 49.8 Å². The molecule has 5 nitrogen and oxygen atoms in total. The van der Waals surface area contributed by atoms with Crippen molar-refractivity contribution < 1.29 is 19.4 Å². The Morgan fingerprint density at radius 2 is 2.07 bits per heavy atom. The summed E-state index contributed by atoms with van der Waals surface area (Å²) in [6.45, 7) is 7.82. The first-order valence-corrected chi connectivity index (χ1v) is 9.40. The molecule has 0 aliphatic heterocycles. The SMILES string of the molecule is C/C=C(\C(=O)OCC)C(C1=C(N)CC(C)(CC)CC1=O)c1cccc(O)c1. The molecule has 0 radical (unpaired) electrons. The number of rotatable bonds is 6. The van der Waals surface area contributed by atoms with Crippen LogP contribution < -0.4 is 5.73 Å². The van der Waals surface area contributed by atoms with Gasteiger partial charge in [-0.2, -0.15) is 0 Å². The second-order valence-electron chi connectivity index (χ2n) is 7.37. The molecule has 1 aliphatic carbocycles. The van der Waals surface area contributed by atoms with E-state index in [-0.39, 0.29) is 23.6 Å². The molecule has 0 heterocycles. The Labute approximate surface area is 160 Å². The number of carbonyl (C=O) groups excluding carboxylic acids is 2. The van der Waals surface area contributed by atoms with Gasteiger partial charge in [0.15, 0.2) is 5.78 Å². The minimum absolute atomic E-state index is 0.0555. The lowest BCUT2D eigenvalue weighted by Crippen LogP contribution is -2.34. The number of allylic oxidation sites excluding steroid dienone is 3. The van der Waals surface area contributed by atoms with E-state index in [9.17, 15) is 14.7 Å². The van der Waals surface area contributed by atoms with Crippen molar-refractivity contribution in [1.29, 1.82) is 0 Å². The van der Waals surface area contributed by atoms with Crippen LogP contribution in [-0.4, -0.2) is 23.5 Å². The molecule has 2 rings (SSSR count). The quantitative estimate of drug-likeness (QED) is 0.583. The zero-order valence-electron chi connectivity index (χ0n) is 16.5. The fourth-order valence-electron chi connectivity index (χ4n) is 3.70. The minimum atomic E-state index is -0.657. The van der Waals surface area contributed by atoms with Crippen LogP contribution in [0, 0.1) is 5.41 Å². The highest BCUT2D eigenvalue weighted by Gasteiger charge is 2.40. The van der Waals surface area contributed by atoms with Gasteiger partial charge in [0.25, 0.3) is 0 Å². The number of ether oxygens (including phenoxy) is 1. The van der Waals surface area contributed by atoms with E-state index >= 15 is 0 Å². The summed E-state index contributed by atoms with van der Waals surface area (Å²) in [6.07, 6.45) is 3.49. The lowest BCUT2D eigenvalue weighted by Gasteiger charge is -2.36. The van der Waals surface area contributed by atoms with Gasteiger partial charge in [-0.25, -0.2) is 4.79 Å². The third-order valence-corrected chi connectivity index (χ3v) is 5.33. The summed E-state index contributed by atoms with van der Waals surface area (Å²) in [7, 11) is 0. The van der Waals surface area contributed by atoms with Gasteiger partial charge in [0.05, 0.1) is 6.61 Å². The fraction of sp³-hybridized carbons (Fsp3) is 0.455. The molecule has 2 unspecified atom stereocenters. The molecule has 0 saturated heterocycles. The largest absolute Gasteiger partial charge is 0.508 e. The summed E-state index contributed by atoms with van der Waals surface area (Å²) < 4.78 is 5.21. The van der Waals surface area contributed by atoms with Crippen LogP contribution in [0.5, 0.6) is 5.75 Å². The number of ketones is 1. The van der Waals surface area contributed by atoms with Gasteiger partial charge in [0.1, 0.15) is 5.75 Å². The van der Waals surface area contributed by atoms with Crippen molar-refractivity contribution in [2.24, 2.45) is 11.1 Å². The van der Waals surface area contributed by atoms with E-state index in [2.05, 4.69) is 6.92 Å². The van der Waals surface area contributed by atoms with E-state index < -0.39 is 11.9 Å². The maximum Gasteiger partial charge on any atom is 0.334 e. The van der Waals surface area contributed by atoms with Crippen LogP contribution in [0.15, 0.2) is 47.2 Å². The molecule has 2 atom stereocenters. The summed E-state index contributed by atoms with van der Waals surface area (Å²) in [5.41, 5.74) is 8.15. The normalized spacial score (nSPS) is 21.9. The molecule has 146 valence electrons. The number of Topliss-reactive ketones (excluding diaryl/α,β-unsaturated/α-hetero) is 1. The predicted octanol–water partition coefficient (Wildman–Crippen LogP) is 3.98. The van der Waals surface area contributed by atoms with Gasteiger partial charge >= 0.3 is 5.97 Å². The van der Waals surface area contributed by atoms with Gasteiger partial charge in [0.2, 0.25) is 0 Å². The molecule has 0 saturated carbocycles. The summed E-state index contributed by atoms with van der Waals surface area (Å²) in [5, 5.41) is 9.94. The van der Waals surface area contributed by atoms with Crippen LogP contribution in [-0.2, 0) is 14.3 Å². The van der Waals surface area contributed by atoms with Crippen molar-refractivity contribution in [1.82, 2.24) is 0 Å². The van der Waals surface area contributed by atoms with Crippen molar-refractivity contribution in [2.75, 3.05) is 6.61 Å². The van der Waals surface area contributed by atoms with Crippen molar-refractivity contribution in [3.63, 3.8) is 0 Å². The highest BCUT2D eigenvalue weighted by Crippen LogP contribution is 2.44. The van der Waals surface area contributed by atoms with Gasteiger partial charge in [-0.1, -0.05) is 32.1 Å². The average molecular weight is 371 g/mol. The molecule has 0 spiro atoms. The molecule has 1 aliphatic rings. The molecular weight excluding hydrogens is 342 g/mol. The number of phenols is 1. The average Bonchev–Trinajstić information content (AvgIpc) is 2.60. The molecule has 5 heteroatoms. The number of benzene rings is 1. The summed E-state index contributed by atoms with van der Waals surface area (Å²) in [5.74, 6) is -1.13. The second-order valence-corrected chi connectivity index (χ2v) is 7.37. The third kappa shape index (κ3) is 4.41. The number of hydrogen-bond donors (Lipinski definition) is 2. The monoisotopic (exact) mass is 371 g/mol. The topological polar surface area (TPSA) is 89.6 Å². The van der Waals surface area contributed by atoms with E-state index in [4.69, 9.17) is 10.5 Å². The Kier molecular flexibility index (Phi) is 6.47. The number of esters is 1. The summed E-state index contributed by atoms with van der Waals surface area (Å²) >= 11 is 0. The molecule has 0 amide bonds.